The van der Waals surface area contributed by atoms with Crippen LogP contribution in [-0.2, 0) is 5.88 Å². The van der Waals surface area contributed by atoms with Gasteiger partial charge in [0, 0.05) is 9.13 Å². The second kappa shape index (κ2) is 4.57. The summed E-state index contributed by atoms with van der Waals surface area (Å²) in [5.41, 5.74) is 0.324. The molecule has 0 radical (unpaired) electrons. The average Bonchev–Trinajstić information content (AvgIpc) is 2.01. The first-order valence-corrected chi connectivity index (χ1v) is 5.14. The van der Waals surface area contributed by atoms with Gasteiger partial charge in [-0.1, -0.05) is 6.07 Å². The Balaban J connectivity index is 2.99. The van der Waals surface area contributed by atoms with Crippen molar-refractivity contribution in [2.45, 2.75) is 12.2 Å². The van der Waals surface area contributed by atoms with Crippen molar-refractivity contribution in [3.05, 3.63) is 27.3 Å². The van der Waals surface area contributed by atoms with E-state index in [0.29, 0.717) is 9.13 Å². The lowest BCUT2D eigenvalue weighted by molar-refractivity contribution is -0.274. The van der Waals surface area contributed by atoms with Gasteiger partial charge in [0.15, 0.2) is 0 Å². The van der Waals surface area contributed by atoms with Gasteiger partial charge in [-0.15, -0.1) is 24.8 Å². The molecule has 1 aromatic rings. The molecule has 0 unspecified atom stereocenters. The lowest BCUT2D eigenvalue weighted by Crippen LogP contribution is -2.18. The van der Waals surface area contributed by atoms with Gasteiger partial charge in [0.1, 0.15) is 5.75 Å². The maximum absolute atomic E-state index is 11.9. The van der Waals surface area contributed by atoms with Crippen LogP contribution >= 0.6 is 34.2 Å². The topological polar surface area (TPSA) is 9.23 Å². The fourth-order valence-corrected chi connectivity index (χ4v) is 1.54. The summed E-state index contributed by atoms with van der Waals surface area (Å²) in [5, 5.41) is 0. The van der Waals surface area contributed by atoms with E-state index in [1.807, 2.05) is 22.6 Å². The van der Waals surface area contributed by atoms with E-state index in [9.17, 15) is 13.2 Å². The Morgan fingerprint density at radius 3 is 2.50 bits per heavy atom. The first-order chi connectivity index (χ1) is 6.42. The SMILES string of the molecule is FC(F)(F)Oc1cc(I)ccc1CCl. The Kier molecular flexibility index (Phi) is 3.88. The van der Waals surface area contributed by atoms with Crippen LogP contribution in [0.25, 0.3) is 0 Å². The molecule has 0 amide bonds. The highest BCUT2D eigenvalue weighted by molar-refractivity contribution is 14.1. The summed E-state index contributed by atoms with van der Waals surface area (Å²) in [5.74, 6) is -0.248. The molecule has 14 heavy (non-hydrogen) atoms. The molecule has 0 aliphatic heterocycles. The maximum atomic E-state index is 11.9. The third-order valence-corrected chi connectivity index (χ3v) is 2.36. The van der Waals surface area contributed by atoms with Gasteiger partial charge in [-0.25, -0.2) is 0 Å². The molecular formula is C8H5ClF3IO. The lowest BCUT2D eigenvalue weighted by Gasteiger charge is -2.12. The molecule has 0 aliphatic carbocycles. The predicted molar refractivity (Wildman–Crippen MR) is 55.4 cm³/mol. The van der Waals surface area contributed by atoms with Gasteiger partial charge >= 0.3 is 6.36 Å². The zero-order valence-electron chi connectivity index (χ0n) is 6.74. The number of hydrogen-bond donors (Lipinski definition) is 0. The van der Waals surface area contributed by atoms with E-state index in [1.165, 1.54) is 12.1 Å². The Hall–Kier alpha value is -0.170. The van der Waals surface area contributed by atoms with Crippen molar-refractivity contribution in [1.82, 2.24) is 0 Å². The van der Waals surface area contributed by atoms with Crippen LogP contribution in [0.5, 0.6) is 5.75 Å². The predicted octanol–water partition coefficient (Wildman–Crippen LogP) is 3.93. The minimum Gasteiger partial charge on any atom is -0.405 e. The Bertz CT molecular complexity index is 327. The first-order valence-electron chi connectivity index (χ1n) is 3.52. The van der Waals surface area contributed by atoms with Gasteiger partial charge in [0.2, 0.25) is 0 Å². The Morgan fingerprint density at radius 1 is 1.36 bits per heavy atom. The summed E-state index contributed by atoms with van der Waals surface area (Å²) in [6.45, 7) is 0. The molecule has 0 fully saturated rings. The second-order valence-corrected chi connectivity index (χ2v) is 3.95. The van der Waals surface area contributed by atoms with E-state index in [-0.39, 0.29) is 11.6 Å². The summed E-state index contributed by atoms with van der Waals surface area (Å²) in [6.07, 6.45) is -4.68. The number of halogens is 5. The Morgan fingerprint density at radius 2 is 2.00 bits per heavy atom. The quantitative estimate of drug-likeness (QED) is 0.587. The largest absolute Gasteiger partial charge is 0.573 e. The third kappa shape index (κ3) is 3.53. The van der Waals surface area contributed by atoms with E-state index >= 15 is 0 Å². The normalized spacial score (nSPS) is 11.5. The van der Waals surface area contributed by atoms with Gasteiger partial charge in [-0.2, -0.15) is 0 Å². The molecular weight excluding hydrogens is 331 g/mol. The Labute approximate surface area is 97.3 Å². The van der Waals surface area contributed by atoms with Crippen LogP contribution in [0.1, 0.15) is 5.56 Å². The van der Waals surface area contributed by atoms with Crippen LogP contribution in [0, 0.1) is 3.57 Å². The molecule has 0 saturated heterocycles. The molecule has 1 rings (SSSR count). The van der Waals surface area contributed by atoms with Crippen LogP contribution in [0.4, 0.5) is 13.2 Å². The molecule has 1 nitrogen and oxygen atoms in total. The molecule has 78 valence electrons. The fourth-order valence-electron chi connectivity index (χ4n) is 0.858. The highest BCUT2D eigenvalue weighted by Crippen LogP contribution is 2.28. The lowest BCUT2D eigenvalue weighted by atomic mass is 10.2. The van der Waals surface area contributed by atoms with Crippen LogP contribution in [0.15, 0.2) is 18.2 Å². The van der Waals surface area contributed by atoms with E-state index < -0.39 is 6.36 Å². The summed E-state index contributed by atoms with van der Waals surface area (Å²) < 4.78 is 40.2. The number of benzene rings is 1. The molecule has 6 heteroatoms. The summed E-state index contributed by atoms with van der Waals surface area (Å²) >= 11 is 7.36. The number of alkyl halides is 4. The van der Waals surface area contributed by atoms with Crippen molar-refractivity contribution in [3.63, 3.8) is 0 Å². The third-order valence-electron chi connectivity index (χ3n) is 1.40. The van der Waals surface area contributed by atoms with Crippen LogP contribution in [0.2, 0.25) is 0 Å². The molecule has 0 saturated carbocycles. The second-order valence-electron chi connectivity index (χ2n) is 2.43. The molecule has 0 bridgehead atoms. The van der Waals surface area contributed by atoms with Crippen molar-refractivity contribution in [2.24, 2.45) is 0 Å². The van der Waals surface area contributed by atoms with Crippen LogP contribution < -0.4 is 4.74 Å². The highest BCUT2D eigenvalue weighted by Gasteiger charge is 2.32. The first kappa shape index (κ1) is 11.9. The highest BCUT2D eigenvalue weighted by atomic mass is 127. The molecule has 0 N–H and O–H groups in total. The summed E-state index contributed by atoms with van der Waals surface area (Å²) in [7, 11) is 0. The van der Waals surface area contributed by atoms with Crippen molar-refractivity contribution in [2.75, 3.05) is 0 Å². The molecule has 0 atom stereocenters. The maximum Gasteiger partial charge on any atom is 0.573 e. The minimum atomic E-state index is -4.68. The van der Waals surface area contributed by atoms with Crippen molar-refractivity contribution >= 4 is 34.2 Å². The van der Waals surface area contributed by atoms with Crippen molar-refractivity contribution in [1.29, 1.82) is 0 Å². The van der Waals surface area contributed by atoms with Gasteiger partial charge in [0.25, 0.3) is 0 Å². The number of rotatable bonds is 2. The van der Waals surface area contributed by atoms with Gasteiger partial charge in [0.05, 0.1) is 5.88 Å². The zero-order chi connectivity index (χ0) is 10.8. The number of hydrogen-bond acceptors (Lipinski definition) is 1. The van der Waals surface area contributed by atoms with E-state index in [2.05, 4.69) is 4.74 Å². The van der Waals surface area contributed by atoms with Gasteiger partial charge < -0.3 is 4.74 Å². The monoisotopic (exact) mass is 336 g/mol. The van der Waals surface area contributed by atoms with Crippen LogP contribution in [0.3, 0.4) is 0 Å². The van der Waals surface area contributed by atoms with Gasteiger partial charge in [-0.05, 0) is 34.7 Å². The van der Waals surface area contributed by atoms with Gasteiger partial charge in [-0.3, -0.25) is 0 Å². The molecule has 0 spiro atoms. The fraction of sp³-hybridized carbons (Fsp3) is 0.250. The molecule has 0 aliphatic rings. The van der Waals surface area contributed by atoms with Crippen LogP contribution in [-0.4, -0.2) is 6.36 Å². The number of ether oxygens (including phenoxy) is 1. The van der Waals surface area contributed by atoms with E-state index in [0.717, 1.165) is 0 Å². The molecule has 1 aromatic carbocycles. The standard InChI is InChI=1S/C8H5ClF3IO/c9-4-5-1-2-6(13)3-7(5)14-8(10,11)12/h1-3H,4H2. The zero-order valence-corrected chi connectivity index (χ0v) is 9.65. The minimum absolute atomic E-state index is 0.0116. The summed E-state index contributed by atoms with van der Waals surface area (Å²) in [6, 6.07) is 4.48. The molecule has 0 heterocycles. The smallest absolute Gasteiger partial charge is 0.405 e. The average molecular weight is 336 g/mol. The van der Waals surface area contributed by atoms with Crippen molar-refractivity contribution in [3.8, 4) is 5.75 Å². The van der Waals surface area contributed by atoms with Crippen molar-refractivity contribution < 1.29 is 17.9 Å². The van der Waals surface area contributed by atoms with E-state index in [1.54, 1.807) is 6.07 Å². The summed E-state index contributed by atoms with van der Waals surface area (Å²) in [4.78, 5) is 0. The van der Waals surface area contributed by atoms with E-state index in [4.69, 9.17) is 11.6 Å². The molecule has 0 aromatic heterocycles.